The number of aromatic nitrogens is 2. The molecule has 32 heavy (non-hydrogen) atoms. The van der Waals surface area contributed by atoms with Crippen LogP contribution in [0.2, 0.25) is 0 Å². The van der Waals surface area contributed by atoms with Crippen molar-refractivity contribution in [2.45, 2.75) is 57.0 Å². The number of likely N-dealkylation sites (tertiary alicyclic amines) is 1. The predicted molar refractivity (Wildman–Crippen MR) is 106 cm³/mol. The van der Waals surface area contributed by atoms with Crippen LogP contribution in [-0.4, -0.2) is 89.4 Å². The number of amides is 1. The van der Waals surface area contributed by atoms with E-state index in [4.69, 9.17) is 19.4 Å². The first-order valence-corrected chi connectivity index (χ1v) is 10.5. The molecule has 1 amide bonds. The Balaban J connectivity index is 0.000000360. The molecule has 1 aromatic rings. The zero-order valence-electron chi connectivity index (χ0n) is 17.8. The van der Waals surface area contributed by atoms with Gasteiger partial charge in [0.15, 0.2) is 5.82 Å². The highest BCUT2D eigenvalue weighted by atomic mass is 19.4. The van der Waals surface area contributed by atoms with Gasteiger partial charge in [0.05, 0.1) is 11.7 Å². The molecule has 0 saturated carbocycles. The van der Waals surface area contributed by atoms with E-state index in [1.54, 1.807) is 0 Å². The highest BCUT2D eigenvalue weighted by molar-refractivity contribution is 5.77. The minimum absolute atomic E-state index is 0.00299. The van der Waals surface area contributed by atoms with E-state index < -0.39 is 12.1 Å². The molecule has 4 rings (SSSR count). The molecule has 0 spiro atoms. The van der Waals surface area contributed by atoms with Crippen LogP contribution in [0, 0.1) is 6.92 Å². The van der Waals surface area contributed by atoms with E-state index in [0.29, 0.717) is 6.54 Å². The molecule has 0 bridgehead atoms. The van der Waals surface area contributed by atoms with E-state index >= 15 is 0 Å². The van der Waals surface area contributed by atoms with Crippen molar-refractivity contribution in [1.29, 1.82) is 0 Å². The number of carbonyl (C=O) groups excluding carboxylic acids is 1. The molecular weight excluding hydrogens is 433 g/mol. The zero-order valence-corrected chi connectivity index (χ0v) is 17.8. The SMILES string of the molecule is Cc1ccc(N2C[C@@H](OCC(=O)N3CCCC3)[C@H]3OCCC[C@H]32)nn1.O=C(O)C(F)(F)F. The van der Waals surface area contributed by atoms with Gasteiger partial charge in [-0.1, -0.05) is 0 Å². The van der Waals surface area contributed by atoms with Crippen LogP contribution in [0.5, 0.6) is 0 Å². The lowest BCUT2D eigenvalue weighted by atomic mass is 10.0. The first-order chi connectivity index (χ1) is 15.2. The number of aryl methyl sites for hydroxylation is 1. The molecule has 12 heteroatoms. The third kappa shape index (κ3) is 6.06. The Morgan fingerprint density at radius 1 is 1.22 bits per heavy atom. The smallest absolute Gasteiger partial charge is 0.475 e. The number of carbonyl (C=O) groups is 2. The molecule has 0 radical (unpaired) electrons. The summed E-state index contributed by atoms with van der Waals surface area (Å²) in [4.78, 5) is 25.3. The summed E-state index contributed by atoms with van der Waals surface area (Å²) in [5, 5.41) is 15.6. The number of ether oxygens (including phenoxy) is 2. The molecule has 3 fully saturated rings. The minimum Gasteiger partial charge on any atom is -0.475 e. The molecule has 4 heterocycles. The van der Waals surface area contributed by atoms with Crippen molar-refractivity contribution < 1.29 is 37.3 Å². The van der Waals surface area contributed by atoms with Crippen molar-refractivity contribution in [1.82, 2.24) is 15.1 Å². The first kappa shape index (κ1) is 24.2. The third-order valence-corrected chi connectivity index (χ3v) is 5.68. The number of anilines is 1. The van der Waals surface area contributed by atoms with E-state index in [1.165, 1.54) is 0 Å². The van der Waals surface area contributed by atoms with Crippen molar-refractivity contribution >= 4 is 17.7 Å². The van der Waals surface area contributed by atoms with Gasteiger partial charge < -0.3 is 24.4 Å². The largest absolute Gasteiger partial charge is 0.490 e. The topological polar surface area (TPSA) is 105 Å². The van der Waals surface area contributed by atoms with Gasteiger partial charge in [-0.15, -0.1) is 5.10 Å². The number of alkyl halides is 3. The molecule has 1 N–H and O–H groups in total. The zero-order chi connectivity index (χ0) is 23.3. The number of hydrogen-bond acceptors (Lipinski definition) is 7. The molecule has 3 atom stereocenters. The van der Waals surface area contributed by atoms with Gasteiger partial charge in [-0.3, -0.25) is 4.79 Å². The highest BCUT2D eigenvalue weighted by Crippen LogP contribution is 2.33. The summed E-state index contributed by atoms with van der Waals surface area (Å²) in [7, 11) is 0. The van der Waals surface area contributed by atoms with Gasteiger partial charge in [0.25, 0.3) is 0 Å². The minimum atomic E-state index is -5.08. The summed E-state index contributed by atoms with van der Waals surface area (Å²) in [6.45, 7) is 5.25. The van der Waals surface area contributed by atoms with Crippen LogP contribution >= 0.6 is 0 Å². The van der Waals surface area contributed by atoms with Crippen molar-refractivity contribution in [2.24, 2.45) is 0 Å². The van der Waals surface area contributed by atoms with Gasteiger partial charge in [-0.05, 0) is 44.7 Å². The maximum atomic E-state index is 12.3. The molecule has 3 saturated heterocycles. The Bertz CT molecular complexity index is 786. The van der Waals surface area contributed by atoms with E-state index in [9.17, 15) is 18.0 Å². The van der Waals surface area contributed by atoms with Gasteiger partial charge in [-0.25, -0.2) is 4.79 Å². The van der Waals surface area contributed by atoms with Gasteiger partial charge in [0, 0.05) is 26.2 Å². The van der Waals surface area contributed by atoms with Gasteiger partial charge in [-0.2, -0.15) is 18.3 Å². The van der Waals surface area contributed by atoms with Crippen LogP contribution in [-0.2, 0) is 19.1 Å². The lowest BCUT2D eigenvalue weighted by Crippen LogP contribution is -2.43. The Hall–Kier alpha value is -2.47. The normalized spacial score (nSPS) is 25.2. The fraction of sp³-hybridized carbons (Fsp3) is 0.700. The number of nitrogens with zero attached hydrogens (tertiary/aromatic N) is 4. The number of aliphatic carboxylic acids is 1. The number of hydrogen-bond donors (Lipinski definition) is 1. The van der Waals surface area contributed by atoms with Crippen LogP contribution in [0.3, 0.4) is 0 Å². The highest BCUT2D eigenvalue weighted by Gasteiger charge is 2.45. The van der Waals surface area contributed by atoms with Crippen molar-refractivity contribution in [2.75, 3.05) is 37.7 Å². The molecular formula is C20H27F3N4O5. The summed E-state index contributed by atoms with van der Waals surface area (Å²) in [5.41, 5.74) is 0.906. The van der Waals surface area contributed by atoms with Gasteiger partial charge >= 0.3 is 12.1 Å². The summed E-state index contributed by atoms with van der Waals surface area (Å²) in [6.07, 6.45) is -0.884. The van der Waals surface area contributed by atoms with E-state index in [1.807, 2.05) is 24.0 Å². The Morgan fingerprint density at radius 2 is 1.91 bits per heavy atom. The molecule has 3 aliphatic rings. The number of carboxylic acids is 1. The quantitative estimate of drug-likeness (QED) is 0.725. The van der Waals surface area contributed by atoms with E-state index in [0.717, 1.165) is 56.9 Å². The third-order valence-electron chi connectivity index (χ3n) is 5.68. The fourth-order valence-corrected chi connectivity index (χ4v) is 4.10. The van der Waals surface area contributed by atoms with Crippen LogP contribution in [0.4, 0.5) is 19.0 Å². The van der Waals surface area contributed by atoms with E-state index in [2.05, 4.69) is 15.1 Å². The van der Waals surface area contributed by atoms with Crippen molar-refractivity contribution in [3.8, 4) is 0 Å². The number of rotatable bonds is 4. The second-order valence-corrected chi connectivity index (χ2v) is 7.97. The average molecular weight is 460 g/mol. The Kier molecular flexibility index (Phi) is 7.88. The molecule has 0 aromatic carbocycles. The first-order valence-electron chi connectivity index (χ1n) is 10.5. The van der Waals surface area contributed by atoms with Crippen LogP contribution < -0.4 is 4.90 Å². The van der Waals surface area contributed by atoms with Crippen LogP contribution in [0.25, 0.3) is 0 Å². The lowest BCUT2D eigenvalue weighted by Gasteiger charge is -2.32. The summed E-state index contributed by atoms with van der Waals surface area (Å²) in [5.74, 6) is -1.80. The molecule has 1 aromatic heterocycles. The summed E-state index contributed by atoms with van der Waals surface area (Å²) >= 11 is 0. The summed E-state index contributed by atoms with van der Waals surface area (Å²) in [6, 6.07) is 4.23. The van der Waals surface area contributed by atoms with Gasteiger partial charge in [0.2, 0.25) is 5.91 Å². The molecule has 178 valence electrons. The van der Waals surface area contributed by atoms with Crippen molar-refractivity contribution in [3.05, 3.63) is 17.8 Å². The average Bonchev–Trinajstić information content (AvgIpc) is 3.41. The molecule has 9 nitrogen and oxygen atoms in total. The van der Waals surface area contributed by atoms with Crippen LogP contribution in [0.15, 0.2) is 12.1 Å². The molecule has 0 aliphatic carbocycles. The Labute approximate surface area is 183 Å². The van der Waals surface area contributed by atoms with E-state index in [-0.39, 0.29) is 30.8 Å². The standard InChI is InChI=1S/C18H26N4O3.C2HF3O2/c1-13-6-7-16(20-19-13)22-11-15(18-14(22)5-4-10-24-18)25-12-17(23)21-8-2-3-9-21;3-2(4,5)1(6)7/h6-7,14-15,18H,2-5,8-12H2,1H3;(H,6,7)/t14-,15-,18+;/m1./s1. The predicted octanol–water partition coefficient (Wildman–Crippen LogP) is 1.79. The maximum absolute atomic E-state index is 12.3. The molecule has 3 aliphatic heterocycles. The second-order valence-electron chi connectivity index (χ2n) is 7.97. The number of fused-ring (bicyclic) bond motifs is 1. The van der Waals surface area contributed by atoms with Gasteiger partial charge in [0.1, 0.15) is 18.8 Å². The Morgan fingerprint density at radius 3 is 2.50 bits per heavy atom. The lowest BCUT2D eigenvalue weighted by molar-refractivity contribution is -0.192. The fourth-order valence-electron chi connectivity index (χ4n) is 4.10. The van der Waals surface area contributed by atoms with Crippen molar-refractivity contribution in [3.63, 3.8) is 0 Å². The summed E-state index contributed by atoms with van der Waals surface area (Å²) < 4.78 is 43.8. The van der Waals surface area contributed by atoms with Crippen LogP contribution in [0.1, 0.15) is 31.4 Å². The monoisotopic (exact) mass is 460 g/mol. The number of carboxylic acid groups (broad SMARTS) is 1. The molecule has 0 unspecified atom stereocenters. The second kappa shape index (κ2) is 10.4. The maximum Gasteiger partial charge on any atom is 0.490 e. The number of halogens is 3.